The van der Waals surface area contributed by atoms with Crippen LogP contribution in [0.2, 0.25) is 0 Å². The minimum absolute atomic E-state index is 0.149. The van der Waals surface area contributed by atoms with Gasteiger partial charge in [0.1, 0.15) is 5.75 Å². The van der Waals surface area contributed by atoms with E-state index >= 15 is 0 Å². The summed E-state index contributed by atoms with van der Waals surface area (Å²) in [4.78, 5) is 11.6. The van der Waals surface area contributed by atoms with Gasteiger partial charge < -0.3 is 5.11 Å². The average molecular weight is 258 g/mol. The lowest BCUT2D eigenvalue weighted by Gasteiger charge is -2.01. The Hall–Kier alpha value is -2.63. The molecule has 0 saturated carbocycles. The van der Waals surface area contributed by atoms with Crippen LogP contribution < -0.4 is 5.43 Å². The molecule has 6 heteroatoms. The molecule has 1 amide bonds. The lowest BCUT2D eigenvalue weighted by atomic mass is 10.1. The highest BCUT2D eigenvalue weighted by Gasteiger charge is 2.07. The molecule has 1 aromatic heterocycles. The van der Waals surface area contributed by atoms with Gasteiger partial charge >= 0.3 is 0 Å². The molecule has 0 spiro atoms. The summed E-state index contributed by atoms with van der Waals surface area (Å²) in [6, 6.07) is 6.92. The zero-order chi connectivity index (χ0) is 13.8. The SMILES string of the molecule is Cc1cc(C(=O)N/N=C/c2cccc(C)c2O)n[nH]1. The number of rotatable bonds is 3. The number of carbonyl (C=O) groups is 1. The Morgan fingerprint density at radius 3 is 2.95 bits per heavy atom. The maximum Gasteiger partial charge on any atom is 0.291 e. The average Bonchev–Trinajstić information content (AvgIpc) is 2.81. The normalized spacial score (nSPS) is 10.8. The molecule has 1 heterocycles. The van der Waals surface area contributed by atoms with Crippen molar-refractivity contribution in [1.29, 1.82) is 0 Å². The van der Waals surface area contributed by atoms with Gasteiger partial charge in [-0.2, -0.15) is 10.2 Å². The number of phenols is 1. The lowest BCUT2D eigenvalue weighted by Crippen LogP contribution is -2.18. The maximum absolute atomic E-state index is 11.6. The third kappa shape index (κ3) is 2.98. The first-order chi connectivity index (χ1) is 9.08. The molecule has 0 atom stereocenters. The predicted octanol–water partition coefficient (Wildman–Crippen LogP) is 1.50. The number of benzene rings is 1. The van der Waals surface area contributed by atoms with Crippen LogP contribution >= 0.6 is 0 Å². The minimum atomic E-state index is -0.409. The molecule has 0 aliphatic rings. The van der Waals surface area contributed by atoms with E-state index in [4.69, 9.17) is 0 Å². The van der Waals surface area contributed by atoms with Gasteiger partial charge in [-0.05, 0) is 31.5 Å². The zero-order valence-electron chi connectivity index (χ0n) is 10.6. The Morgan fingerprint density at radius 2 is 2.26 bits per heavy atom. The molecule has 1 aromatic carbocycles. The predicted molar refractivity (Wildman–Crippen MR) is 71.2 cm³/mol. The number of hydrogen-bond acceptors (Lipinski definition) is 4. The highest BCUT2D eigenvalue weighted by atomic mass is 16.3. The monoisotopic (exact) mass is 258 g/mol. The molecule has 0 unspecified atom stereocenters. The molecular formula is C13H14N4O2. The molecule has 0 bridgehead atoms. The summed E-state index contributed by atoms with van der Waals surface area (Å²) in [6.07, 6.45) is 1.39. The summed E-state index contributed by atoms with van der Waals surface area (Å²) in [5.74, 6) is -0.260. The van der Waals surface area contributed by atoms with E-state index in [0.29, 0.717) is 5.56 Å². The van der Waals surface area contributed by atoms with E-state index in [0.717, 1.165) is 11.3 Å². The Balaban J connectivity index is 2.04. The van der Waals surface area contributed by atoms with Crippen LogP contribution in [-0.2, 0) is 0 Å². The topological polar surface area (TPSA) is 90.4 Å². The number of hydrogen-bond donors (Lipinski definition) is 3. The Labute approximate surface area is 110 Å². The number of H-pyrrole nitrogens is 1. The summed E-state index contributed by atoms with van der Waals surface area (Å²) < 4.78 is 0. The minimum Gasteiger partial charge on any atom is -0.507 e. The summed E-state index contributed by atoms with van der Waals surface area (Å²) >= 11 is 0. The van der Waals surface area contributed by atoms with E-state index in [-0.39, 0.29) is 11.4 Å². The van der Waals surface area contributed by atoms with Crippen LogP contribution in [0.3, 0.4) is 0 Å². The molecule has 6 nitrogen and oxygen atoms in total. The molecule has 98 valence electrons. The fourth-order valence-corrected chi connectivity index (χ4v) is 1.54. The number of hydrazone groups is 1. The second-order valence-corrected chi connectivity index (χ2v) is 4.15. The number of para-hydroxylation sites is 1. The van der Waals surface area contributed by atoms with Crippen molar-refractivity contribution in [2.45, 2.75) is 13.8 Å². The molecule has 2 aromatic rings. The molecule has 0 fully saturated rings. The maximum atomic E-state index is 11.6. The second kappa shape index (κ2) is 5.34. The molecule has 0 aliphatic carbocycles. The highest BCUT2D eigenvalue weighted by Crippen LogP contribution is 2.19. The first-order valence-electron chi connectivity index (χ1n) is 5.72. The van der Waals surface area contributed by atoms with Gasteiger partial charge in [0, 0.05) is 11.3 Å². The molecule has 19 heavy (non-hydrogen) atoms. The number of aromatic amines is 1. The molecule has 2 rings (SSSR count). The standard InChI is InChI=1S/C13H14N4O2/c1-8-4-3-5-10(12(8)18)7-14-17-13(19)11-6-9(2)15-16-11/h3-7,18H,1-2H3,(H,15,16)(H,17,19)/b14-7+. The van der Waals surface area contributed by atoms with Crippen LogP contribution in [0, 0.1) is 13.8 Å². The van der Waals surface area contributed by atoms with E-state index in [1.807, 2.05) is 0 Å². The van der Waals surface area contributed by atoms with Crippen molar-refractivity contribution in [2.75, 3.05) is 0 Å². The number of nitrogens with zero attached hydrogens (tertiary/aromatic N) is 2. The molecular weight excluding hydrogens is 244 g/mol. The van der Waals surface area contributed by atoms with Gasteiger partial charge in [0.05, 0.1) is 6.21 Å². The van der Waals surface area contributed by atoms with Crippen molar-refractivity contribution in [3.05, 3.63) is 46.8 Å². The number of aromatic nitrogens is 2. The van der Waals surface area contributed by atoms with Crippen molar-refractivity contribution < 1.29 is 9.90 Å². The largest absolute Gasteiger partial charge is 0.507 e. The van der Waals surface area contributed by atoms with E-state index in [1.165, 1.54) is 6.21 Å². The van der Waals surface area contributed by atoms with Gasteiger partial charge in [0.25, 0.3) is 5.91 Å². The van der Waals surface area contributed by atoms with E-state index in [9.17, 15) is 9.90 Å². The zero-order valence-corrected chi connectivity index (χ0v) is 10.6. The van der Waals surface area contributed by atoms with Gasteiger partial charge in [-0.25, -0.2) is 5.43 Å². The Bertz CT molecular complexity index is 631. The molecule has 0 aliphatic heterocycles. The van der Waals surface area contributed by atoms with Crippen LogP contribution in [0.1, 0.15) is 27.3 Å². The number of aryl methyl sites for hydroxylation is 2. The quantitative estimate of drug-likeness (QED) is 0.575. The van der Waals surface area contributed by atoms with Crippen molar-refractivity contribution in [2.24, 2.45) is 5.10 Å². The second-order valence-electron chi connectivity index (χ2n) is 4.15. The van der Waals surface area contributed by atoms with Crippen molar-refractivity contribution in [3.63, 3.8) is 0 Å². The van der Waals surface area contributed by atoms with Crippen molar-refractivity contribution >= 4 is 12.1 Å². The van der Waals surface area contributed by atoms with Crippen LogP contribution in [0.5, 0.6) is 5.75 Å². The van der Waals surface area contributed by atoms with Crippen LogP contribution in [0.4, 0.5) is 0 Å². The number of nitrogens with one attached hydrogen (secondary N) is 2. The van der Waals surface area contributed by atoms with E-state index in [2.05, 4.69) is 20.7 Å². The highest BCUT2D eigenvalue weighted by molar-refractivity contribution is 5.93. The number of aromatic hydroxyl groups is 1. The third-order valence-corrected chi connectivity index (χ3v) is 2.58. The number of carbonyl (C=O) groups excluding carboxylic acids is 1. The van der Waals surface area contributed by atoms with Crippen LogP contribution in [0.25, 0.3) is 0 Å². The number of amides is 1. The third-order valence-electron chi connectivity index (χ3n) is 2.58. The molecule has 0 saturated heterocycles. The van der Waals surface area contributed by atoms with Gasteiger partial charge in [0.15, 0.2) is 5.69 Å². The first-order valence-corrected chi connectivity index (χ1v) is 5.72. The van der Waals surface area contributed by atoms with E-state index in [1.54, 1.807) is 38.1 Å². The summed E-state index contributed by atoms with van der Waals surface area (Å²) in [7, 11) is 0. The summed E-state index contributed by atoms with van der Waals surface area (Å²) in [5.41, 5.74) is 4.70. The van der Waals surface area contributed by atoms with Crippen LogP contribution in [-0.4, -0.2) is 27.4 Å². The first kappa shape index (κ1) is 12.8. The van der Waals surface area contributed by atoms with E-state index < -0.39 is 5.91 Å². The fraction of sp³-hybridized carbons (Fsp3) is 0.154. The Morgan fingerprint density at radius 1 is 1.47 bits per heavy atom. The lowest BCUT2D eigenvalue weighted by molar-refractivity contribution is 0.0950. The van der Waals surface area contributed by atoms with Crippen molar-refractivity contribution in [3.8, 4) is 5.75 Å². The van der Waals surface area contributed by atoms with Gasteiger partial charge in [-0.3, -0.25) is 9.89 Å². The Kier molecular flexibility index (Phi) is 3.61. The molecule has 3 N–H and O–H groups in total. The fourth-order valence-electron chi connectivity index (χ4n) is 1.54. The molecule has 0 radical (unpaired) electrons. The van der Waals surface area contributed by atoms with Gasteiger partial charge in [0.2, 0.25) is 0 Å². The van der Waals surface area contributed by atoms with Crippen LogP contribution in [0.15, 0.2) is 29.4 Å². The number of phenolic OH excluding ortho intramolecular Hbond substituents is 1. The summed E-state index contributed by atoms with van der Waals surface area (Å²) in [5, 5.41) is 20.0. The smallest absolute Gasteiger partial charge is 0.291 e. The van der Waals surface area contributed by atoms with Gasteiger partial charge in [-0.1, -0.05) is 12.1 Å². The van der Waals surface area contributed by atoms with Crippen molar-refractivity contribution in [1.82, 2.24) is 15.6 Å². The van der Waals surface area contributed by atoms with Gasteiger partial charge in [-0.15, -0.1) is 0 Å². The summed E-state index contributed by atoms with van der Waals surface area (Å²) in [6.45, 7) is 3.59.